The van der Waals surface area contributed by atoms with Gasteiger partial charge in [0.25, 0.3) is 0 Å². The molecule has 1 N–H and O–H groups in total. The van der Waals surface area contributed by atoms with Crippen molar-refractivity contribution >= 4 is 0 Å². The van der Waals surface area contributed by atoms with Gasteiger partial charge in [-0.1, -0.05) is 34.1 Å². The standard InChI is InChI=1S/C10H22N2.C3H8.H2/c1-3-7-11-9-10-6-5-8-12(10)4-2;1-3-2;/h10-11H,3-9H2,1-2H3;3H2,1-2H3;1H. The lowest BCUT2D eigenvalue weighted by atomic mass is 10.2. The van der Waals surface area contributed by atoms with Crippen LogP contribution >= 0.6 is 0 Å². The summed E-state index contributed by atoms with van der Waals surface area (Å²) < 4.78 is 0. The molecule has 0 aromatic heterocycles. The quantitative estimate of drug-likeness (QED) is 0.710. The van der Waals surface area contributed by atoms with Gasteiger partial charge < -0.3 is 5.32 Å². The summed E-state index contributed by atoms with van der Waals surface area (Å²) in [7, 11) is 0. The van der Waals surface area contributed by atoms with Crippen molar-refractivity contribution in [1.82, 2.24) is 10.2 Å². The second-order valence-corrected chi connectivity index (χ2v) is 4.34. The van der Waals surface area contributed by atoms with Gasteiger partial charge in [-0.15, -0.1) is 0 Å². The molecule has 1 rings (SSSR count). The van der Waals surface area contributed by atoms with Crippen LogP contribution in [0.2, 0.25) is 0 Å². The summed E-state index contributed by atoms with van der Waals surface area (Å²) >= 11 is 0. The first-order chi connectivity index (χ1) is 7.29. The highest BCUT2D eigenvalue weighted by molar-refractivity contribution is 4.79. The average Bonchev–Trinajstić information content (AvgIpc) is 2.67. The Kier molecular flexibility index (Phi) is 10.4. The second-order valence-electron chi connectivity index (χ2n) is 4.34. The van der Waals surface area contributed by atoms with Crippen molar-refractivity contribution in [2.75, 3.05) is 26.2 Å². The van der Waals surface area contributed by atoms with Crippen LogP contribution in [0.5, 0.6) is 0 Å². The van der Waals surface area contributed by atoms with Crippen molar-refractivity contribution in [2.45, 2.75) is 59.4 Å². The van der Waals surface area contributed by atoms with E-state index >= 15 is 0 Å². The predicted octanol–water partition coefficient (Wildman–Crippen LogP) is 3.13. The Bertz CT molecular complexity index is 131. The van der Waals surface area contributed by atoms with Crippen molar-refractivity contribution in [3.63, 3.8) is 0 Å². The fourth-order valence-electron chi connectivity index (χ4n) is 1.99. The van der Waals surface area contributed by atoms with Crippen LogP contribution < -0.4 is 5.32 Å². The molecule has 0 spiro atoms. The van der Waals surface area contributed by atoms with E-state index in [4.69, 9.17) is 0 Å². The molecule has 0 radical (unpaired) electrons. The van der Waals surface area contributed by atoms with Gasteiger partial charge in [-0.05, 0) is 38.9 Å². The third kappa shape index (κ3) is 6.91. The minimum absolute atomic E-state index is 0. The lowest BCUT2D eigenvalue weighted by Crippen LogP contribution is -2.37. The minimum Gasteiger partial charge on any atom is -0.315 e. The summed E-state index contributed by atoms with van der Waals surface area (Å²) in [5, 5.41) is 3.50. The first-order valence-corrected chi connectivity index (χ1v) is 6.74. The van der Waals surface area contributed by atoms with Crippen LogP contribution in [0.3, 0.4) is 0 Å². The molecule has 0 aromatic rings. The summed E-state index contributed by atoms with van der Waals surface area (Å²) in [4.78, 5) is 2.59. The largest absolute Gasteiger partial charge is 0.315 e. The van der Waals surface area contributed by atoms with Crippen LogP contribution in [-0.2, 0) is 0 Å². The molecule has 1 fully saturated rings. The van der Waals surface area contributed by atoms with E-state index < -0.39 is 0 Å². The smallest absolute Gasteiger partial charge is 0.0220 e. The van der Waals surface area contributed by atoms with Gasteiger partial charge in [-0.2, -0.15) is 0 Å². The predicted molar refractivity (Wildman–Crippen MR) is 71.5 cm³/mol. The van der Waals surface area contributed by atoms with Crippen molar-refractivity contribution in [3.8, 4) is 0 Å². The minimum atomic E-state index is 0. The fraction of sp³-hybridized carbons (Fsp3) is 1.00. The van der Waals surface area contributed by atoms with Gasteiger partial charge in [0.15, 0.2) is 0 Å². The second kappa shape index (κ2) is 10.4. The Morgan fingerprint density at radius 2 is 1.93 bits per heavy atom. The number of hydrogen-bond acceptors (Lipinski definition) is 2. The molecule has 0 aromatic carbocycles. The summed E-state index contributed by atoms with van der Waals surface area (Å²) in [6.07, 6.45) is 5.29. The molecule has 1 heterocycles. The summed E-state index contributed by atoms with van der Waals surface area (Å²) in [5.74, 6) is 0. The van der Waals surface area contributed by atoms with E-state index in [1.54, 1.807) is 0 Å². The topological polar surface area (TPSA) is 15.3 Å². The number of likely N-dealkylation sites (tertiary alicyclic amines) is 1. The number of nitrogens with one attached hydrogen (secondary N) is 1. The van der Waals surface area contributed by atoms with Crippen molar-refractivity contribution in [3.05, 3.63) is 0 Å². The maximum absolute atomic E-state index is 3.50. The van der Waals surface area contributed by atoms with Crippen LogP contribution in [0.4, 0.5) is 0 Å². The Labute approximate surface area is 97.9 Å². The zero-order valence-corrected chi connectivity index (χ0v) is 11.2. The lowest BCUT2D eigenvalue weighted by molar-refractivity contribution is 0.260. The van der Waals surface area contributed by atoms with Gasteiger partial charge >= 0.3 is 0 Å². The molecule has 2 nitrogen and oxygen atoms in total. The molecule has 1 saturated heterocycles. The molecule has 0 amide bonds. The van der Waals surface area contributed by atoms with E-state index in [-0.39, 0.29) is 1.43 Å². The van der Waals surface area contributed by atoms with Gasteiger partial charge in [0, 0.05) is 14.0 Å². The van der Waals surface area contributed by atoms with Crippen LogP contribution in [0.1, 0.15) is 54.8 Å². The van der Waals surface area contributed by atoms with E-state index in [9.17, 15) is 0 Å². The average molecular weight is 216 g/mol. The fourth-order valence-corrected chi connectivity index (χ4v) is 1.99. The van der Waals surface area contributed by atoms with E-state index in [1.807, 2.05) is 0 Å². The van der Waals surface area contributed by atoms with E-state index in [1.165, 1.54) is 51.9 Å². The monoisotopic (exact) mass is 216 g/mol. The summed E-state index contributed by atoms with van der Waals surface area (Å²) in [6.45, 7) is 13.6. The Morgan fingerprint density at radius 1 is 1.27 bits per heavy atom. The highest BCUT2D eigenvalue weighted by Crippen LogP contribution is 2.15. The lowest BCUT2D eigenvalue weighted by Gasteiger charge is -2.22. The molecular formula is C13H32N2. The molecule has 1 aliphatic rings. The maximum Gasteiger partial charge on any atom is 0.0220 e. The Morgan fingerprint density at radius 3 is 2.47 bits per heavy atom. The molecule has 0 aliphatic carbocycles. The van der Waals surface area contributed by atoms with Crippen LogP contribution in [0, 0.1) is 0 Å². The zero-order chi connectivity index (χ0) is 11.5. The van der Waals surface area contributed by atoms with Gasteiger partial charge in [0.05, 0.1) is 0 Å². The van der Waals surface area contributed by atoms with Gasteiger partial charge in [-0.3, -0.25) is 4.90 Å². The molecule has 0 saturated carbocycles. The third-order valence-corrected chi connectivity index (χ3v) is 2.71. The Balaban J connectivity index is 0. The molecule has 15 heavy (non-hydrogen) atoms. The number of rotatable bonds is 5. The van der Waals surface area contributed by atoms with Gasteiger partial charge in [0.1, 0.15) is 0 Å². The van der Waals surface area contributed by atoms with E-state index in [0.717, 1.165) is 6.04 Å². The first kappa shape index (κ1) is 14.9. The van der Waals surface area contributed by atoms with Gasteiger partial charge in [-0.25, -0.2) is 0 Å². The highest BCUT2D eigenvalue weighted by atomic mass is 15.2. The number of nitrogens with zero attached hydrogens (tertiary/aromatic N) is 1. The van der Waals surface area contributed by atoms with Crippen molar-refractivity contribution < 1.29 is 1.43 Å². The molecule has 1 atom stereocenters. The highest BCUT2D eigenvalue weighted by Gasteiger charge is 2.21. The van der Waals surface area contributed by atoms with Crippen LogP contribution in [-0.4, -0.2) is 37.1 Å². The van der Waals surface area contributed by atoms with E-state index in [0.29, 0.717) is 0 Å². The molecule has 0 bridgehead atoms. The Hall–Kier alpha value is -0.0800. The summed E-state index contributed by atoms with van der Waals surface area (Å²) in [6, 6.07) is 0.821. The third-order valence-electron chi connectivity index (χ3n) is 2.71. The molecule has 94 valence electrons. The molecular weight excluding hydrogens is 184 g/mol. The van der Waals surface area contributed by atoms with Crippen LogP contribution in [0.25, 0.3) is 0 Å². The normalized spacial score (nSPS) is 21.2. The number of likely N-dealkylation sites (N-methyl/N-ethyl adjacent to an activating group) is 1. The maximum atomic E-state index is 3.50. The summed E-state index contributed by atoms with van der Waals surface area (Å²) in [5.41, 5.74) is 0. The SMILES string of the molecule is CCC.CCCNCC1CCCN1CC.[HH]. The van der Waals surface area contributed by atoms with Crippen LogP contribution in [0.15, 0.2) is 0 Å². The first-order valence-electron chi connectivity index (χ1n) is 6.74. The van der Waals surface area contributed by atoms with Crippen molar-refractivity contribution in [2.24, 2.45) is 0 Å². The van der Waals surface area contributed by atoms with Gasteiger partial charge in [0.2, 0.25) is 0 Å². The number of hydrogen-bond donors (Lipinski definition) is 1. The molecule has 2 heteroatoms. The molecule has 1 unspecified atom stereocenters. The molecule has 1 aliphatic heterocycles. The van der Waals surface area contributed by atoms with E-state index in [2.05, 4.69) is 37.9 Å². The van der Waals surface area contributed by atoms with Crippen molar-refractivity contribution in [1.29, 1.82) is 0 Å². The zero-order valence-electron chi connectivity index (χ0n) is 11.2.